The number of nitrogens with zero attached hydrogens (tertiary/aromatic N) is 1. The number of halogens is 4. The van der Waals surface area contributed by atoms with Crippen molar-refractivity contribution in [3.63, 3.8) is 0 Å². The SMILES string of the molecule is N[C@H]1CS(=O)(=O)c2cc(F)c(C(=O)NC3CCC(F)(F)C3)cc2N(Cc2ccc(Cl)cc2)C1=O. The van der Waals surface area contributed by atoms with Crippen LogP contribution in [0.2, 0.25) is 5.02 Å². The molecule has 182 valence electrons. The molecule has 0 spiro atoms. The smallest absolute Gasteiger partial charge is 0.254 e. The quantitative estimate of drug-likeness (QED) is 0.650. The van der Waals surface area contributed by atoms with Gasteiger partial charge in [-0.1, -0.05) is 23.7 Å². The Kier molecular flexibility index (Phi) is 6.38. The highest BCUT2D eigenvalue weighted by Gasteiger charge is 2.41. The van der Waals surface area contributed by atoms with E-state index in [0.29, 0.717) is 16.7 Å². The third-order valence-corrected chi connectivity index (χ3v) is 7.94. The molecule has 1 unspecified atom stereocenters. The molecule has 2 atom stereocenters. The van der Waals surface area contributed by atoms with Gasteiger partial charge in [0.05, 0.1) is 34.5 Å². The van der Waals surface area contributed by atoms with Crippen molar-refractivity contribution in [2.45, 2.75) is 48.7 Å². The van der Waals surface area contributed by atoms with Gasteiger partial charge in [-0.15, -0.1) is 0 Å². The average Bonchev–Trinajstić information content (AvgIpc) is 3.07. The van der Waals surface area contributed by atoms with Crippen LogP contribution in [0.15, 0.2) is 41.3 Å². The molecule has 1 fully saturated rings. The van der Waals surface area contributed by atoms with Gasteiger partial charge in [0.25, 0.3) is 5.91 Å². The molecule has 34 heavy (non-hydrogen) atoms. The van der Waals surface area contributed by atoms with Crippen molar-refractivity contribution in [3.8, 4) is 0 Å². The number of carbonyl (C=O) groups excluding carboxylic acids is 2. The van der Waals surface area contributed by atoms with E-state index in [-0.39, 0.29) is 18.7 Å². The van der Waals surface area contributed by atoms with Gasteiger partial charge in [-0.25, -0.2) is 21.6 Å². The van der Waals surface area contributed by atoms with Gasteiger partial charge in [0, 0.05) is 23.9 Å². The summed E-state index contributed by atoms with van der Waals surface area (Å²) in [5.74, 6) is -6.52. The number of benzene rings is 2. The Morgan fingerprint density at radius 2 is 1.91 bits per heavy atom. The fraction of sp³-hybridized carbons (Fsp3) is 0.364. The highest BCUT2D eigenvalue weighted by molar-refractivity contribution is 7.91. The molecule has 0 aromatic heterocycles. The zero-order valence-corrected chi connectivity index (χ0v) is 19.3. The minimum atomic E-state index is -4.17. The Hall–Kier alpha value is -2.63. The van der Waals surface area contributed by atoms with Crippen LogP contribution in [0.4, 0.5) is 18.9 Å². The summed E-state index contributed by atoms with van der Waals surface area (Å²) < 4.78 is 67.6. The van der Waals surface area contributed by atoms with E-state index in [1.165, 1.54) is 0 Å². The van der Waals surface area contributed by atoms with Crippen LogP contribution >= 0.6 is 11.6 Å². The van der Waals surface area contributed by atoms with Crippen LogP contribution in [0.1, 0.15) is 35.2 Å². The first-order valence-electron chi connectivity index (χ1n) is 10.4. The summed E-state index contributed by atoms with van der Waals surface area (Å²) >= 11 is 5.90. The second kappa shape index (κ2) is 8.86. The van der Waals surface area contributed by atoms with E-state index in [1.807, 2.05) is 0 Å². The van der Waals surface area contributed by atoms with Crippen LogP contribution in [-0.2, 0) is 21.2 Å². The number of hydrogen-bond acceptors (Lipinski definition) is 5. The predicted molar refractivity (Wildman–Crippen MR) is 119 cm³/mol. The number of anilines is 1. The summed E-state index contributed by atoms with van der Waals surface area (Å²) in [6, 6.07) is 5.76. The van der Waals surface area contributed by atoms with Gasteiger partial charge in [-0.05, 0) is 36.2 Å². The van der Waals surface area contributed by atoms with E-state index < -0.39 is 74.5 Å². The Morgan fingerprint density at radius 3 is 2.53 bits per heavy atom. The Balaban J connectivity index is 1.76. The minimum absolute atomic E-state index is 0.0235. The predicted octanol–water partition coefficient (Wildman–Crippen LogP) is 3.04. The van der Waals surface area contributed by atoms with Gasteiger partial charge < -0.3 is 16.0 Å². The lowest BCUT2D eigenvalue weighted by Crippen LogP contribution is -2.45. The maximum atomic E-state index is 14.9. The van der Waals surface area contributed by atoms with Crippen LogP contribution < -0.4 is 16.0 Å². The van der Waals surface area contributed by atoms with Gasteiger partial charge in [0.2, 0.25) is 11.8 Å². The maximum absolute atomic E-state index is 14.9. The summed E-state index contributed by atoms with van der Waals surface area (Å²) in [6.07, 6.45) is -0.949. The molecule has 1 saturated carbocycles. The summed E-state index contributed by atoms with van der Waals surface area (Å²) in [4.78, 5) is 26.3. The van der Waals surface area contributed by atoms with E-state index in [2.05, 4.69) is 5.32 Å². The lowest BCUT2D eigenvalue weighted by Gasteiger charge is -2.25. The molecule has 1 heterocycles. The fourth-order valence-electron chi connectivity index (χ4n) is 4.17. The molecule has 12 heteroatoms. The van der Waals surface area contributed by atoms with Gasteiger partial charge in [-0.3, -0.25) is 9.59 Å². The van der Waals surface area contributed by atoms with Crippen molar-refractivity contribution in [3.05, 3.63) is 58.4 Å². The van der Waals surface area contributed by atoms with Gasteiger partial charge in [0.15, 0.2) is 9.84 Å². The fourth-order valence-corrected chi connectivity index (χ4v) is 5.86. The van der Waals surface area contributed by atoms with Crippen molar-refractivity contribution in [1.29, 1.82) is 0 Å². The number of fused-ring (bicyclic) bond motifs is 1. The second-order valence-corrected chi connectivity index (χ2v) is 10.9. The number of amides is 2. The minimum Gasteiger partial charge on any atom is -0.349 e. The molecule has 7 nitrogen and oxygen atoms in total. The molecule has 1 aliphatic heterocycles. The first-order chi connectivity index (χ1) is 15.9. The van der Waals surface area contributed by atoms with Crippen LogP contribution in [0.25, 0.3) is 0 Å². The van der Waals surface area contributed by atoms with Gasteiger partial charge >= 0.3 is 0 Å². The number of alkyl halides is 2. The molecule has 2 aromatic carbocycles. The van der Waals surface area contributed by atoms with E-state index in [4.69, 9.17) is 17.3 Å². The first-order valence-corrected chi connectivity index (χ1v) is 12.5. The number of rotatable bonds is 4. The molecule has 2 aromatic rings. The van der Waals surface area contributed by atoms with E-state index in [9.17, 15) is 31.2 Å². The van der Waals surface area contributed by atoms with Crippen LogP contribution in [0.3, 0.4) is 0 Å². The molecular formula is C22H21ClF3N3O4S. The van der Waals surface area contributed by atoms with Crippen LogP contribution in [0.5, 0.6) is 0 Å². The van der Waals surface area contributed by atoms with E-state index >= 15 is 0 Å². The number of nitrogens with two attached hydrogens (primary N) is 1. The van der Waals surface area contributed by atoms with E-state index in [1.54, 1.807) is 24.3 Å². The Labute approximate surface area is 199 Å². The number of nitrogens with one attached hydrogen (secondary N) is 1. The zero-order valence-electron chi connectivity index (χ0n) is 17.7. The molecule has 3 N–H and O–H groups in total. The summed E-state index contributed by atoms with van der Waals surface area (Å²) in [5, 5.41) is 2.82. The summed E-state index contributed by atoms with van der Waals surface area (Å²) in [5.41, 5.74) is 5.64. The molecule has 2 aliphatic rings. The summed E-state index contributed by atoms with van der Waals surface area (Å²) in [6.45, 7) is -0.117. The van der Waals surface area contributed by atoms with Gasteiger partial charge in [-0.2, -0.15) is 0 Å². The second-order valence-electron chi connectivity index (χ2n) is 8.51. The molecular weight excluding hydrogens is 495 g/mol. The lowest BCUT2D eigenvalue weighted by molar-refractivity contribution is -0.119. The number of hydrogen-bond donors (Lipinski definition) is 2. The summed E-state index contributed by atoms with van der Waals surface area (Å²) in [7, 11) is -4.17. The topological polar surface area (TPSA) is 110 Å². The van der Waals surface area contributed by atoms with E-state index in [0.717, 1.165) is 11.0 Å². The molecule has 0 saturated heterocycles. The van der Waals surface area contributed by atoms with Crippen molar-refractivity contribution in [2.24, 2.45) is 5.73 Å². The molecule has 4 rings (SSSR count). The maximum Gasteiger partial charge on any atom is 0.254 e. The lowest BCUT2D eigenvalue weighted by atomic mass is 10.1. The third-order valence-electron chi connectivity index (χ3n) is 5.89. The zero-order chi connectivity index (χ0) is 24.8. The van der Waals surface area contributed by atoms with Crippen molar-refractivity contribution in [1.82, 2.24) is 5.32 Å². The largest absolute Gasteiger partial charge is 0.349 e. The average molecular weight is 516 g/mol. The highest BCUT2D eigenvalue weighted by atomic mass is 35.5. The molecule has 0 bridgehead atoms. The number of sulfone groups is 1. The van der Waals surface area contributed by atoms with Crippen LogP contribution in [-0.4, -0.2) is 44.0 Å². The highest BCUT2D eigenvalue weighted by Crippen LogP contribution is 2.36. The number of carbonyl (C=O) groups is 2. The Morgan fingerprint density at radius 1 is 1.24 bits per heavy atom. The van der Waals surface area contributed by atoms with Crippen molar-refractivity contribution in [2.75, 3.05) is 10.7 Å². The monoisotopic (exact) mass is 515 g/mol. The molecule has 0 radical (unpaired) electrons. The standard InChI is InChI=1S/C22H21ClF3N3O4S/c23-13-3-1-12(2-4-13)10-29-18-7-15(20(30)28-14-5-6-22(25,26)9-14)16(24)8-19(18)34(32,33)11-17(27)21(29)31/h1-4,7-8,14,17H,5-6,9-11,27H2,(H,28,30)/t14?,17-/m0/s1. The normalized spacial score (nSPS) is 23.3. The van der Waals surface area contributed by atoms with Crippen molar-refractivity contribution >= 4 is 38.9 Å². The van der Waals surface area contributed by atoms with Crippen LogP contribution in [0, 0.1) is 5.82 Å². The molecule has 1 aliphatic carbocycles. The molecule has 2 amide bonds. The first kappa shape index (κ1) is 24.5. The van der Waals surface area contributed by atoms with Crippen molar-refractivity contribution < 1.29 is 31.2 Å². The third kappa shape index (κ3) is 4.91. The van der Waals surface area contributed by atoms with Gasteiger partial charge in [0.1, 0.15) is 5.82 Å². The Bertz CT molecular complexity index is 1250.